The number of nitrogens with zero attached hydrogens (tertiary/aromatic N) is 1. The van der Waals surface area contributed by atoms with Crippen molar-refractivity contribution in [3.05, 3.63) is 42.1 Å². The lowest BCUT2D eigenvalue weighted by Crippen LogP contribution is -2.17. The molecule has 4 heteroatoms. The van der Waals surface area contributed by atoms with Crippen LogP contribution in [0.1, 0.15) is 0 Å². The SMILES string of the molecule is CN(C)/C=C(\C=O)C(=O)Nc1ccccc1. The number of amides is 1. The largest absolute Gasteiger partial charge is 0.383 e. The molecule has 1 amide bonds. The minimum atomic E-state index is -0.407. The van der Waals surface area contributed by atoms with Crippen LogP contribution in [0.4, 0.5) is 5.69 Å². The summed E-state index contributed by atoms with van der Waals surface area (Å²) in [7, 11) is 3.50. The lowest BCUT2D eigenvalue weighted by Gasteiger charge is -2.08. The van der Waals surface area contributed by atoms with E-state index in [9.17, 15) is 9.59 Å². The van der Waals surface area contributed by atoms with Gasteiger partial charge in [-0.2, -0.15) is 0 Å². The Morgan fingerprint density at radius 3 is 2.38 bits per heavy atom. The zero-order valence-corrected chi connectivity index (χ0v) is 9.31. The lowest BCUT2D eigenvalue weighted by atomic mass is 10.2. The molecule has 16 heavy (non-hydrogen) atoms. The molecule has 0 spiro atoms. The average molecular weight is 218 g/mol. The first-order valence-electron chi connectivity index (χ1n) is 4.83. The van der Waals surface area contributed by atoms with Crippen LogP contribution in [0.5, 0.6) is 0 Å². The average Bonchev–Trinajstić information content (AvgIpc) is 2.26. The summed E-state index contributed by atoms with van der Waals surface area (Å²) in [6.45, 7) is 0. The molecule has 1 aromatic carbocycles. The molecular weight excluding hydrogens is 204 g/mol. The van der Waals surface area contributed by atoms with E-state index in [0.717, 1.165) is 0 Å². The molecule has 0 fully saturated rings. The first-order chi connectivity index (χ1) is 7.63. The Morgan fingerprint density at radius 1 is 1.25 bits per heavy atom. The Kier molecular flexibility index (Phi) is 4.27. The van der Waals surface area contributed by atoms with Crippen molar-refractivity contribution in [3.63, 3.8) is 0 Å². The first-order valence-corrected chi connectivity index (χ1v) is 4.83. The van der Waals surface area contributed by atoms with Crippen molar-refractivity contribution in [1.29, 1.82) is 0 Å². The van der Waals surface area contributed by atoms with Gasteiger partial charge in [-0.05, 0) is 12.1 Å². The minimum absolute atomic E-state index is 0.0915. The number of hydrogen-bond acceptors (Lipinski definition) is 3. The quantitative estimate of drug-likeness (QED) is 0.358. The normalized spacial score (nSPS) is 10.8. The third-order valence-corrected chi connectivity index (χ3v) is 1.82. The van der Waals surface area contributed by atoms with Gasteiger partial charge in [-0.1, -0.05) is 18.2 Å². The molecule has 4 nitrogen and oxygen atoms in total. The molecular formula is C12H14N2O2. The van der Waals surface area contributed by atoms with Gasteiger partial charge in [0.1, 0.15) is 0 Å². The van der Waals surface area contributed by atoms with E-state index in [4.69, 9.17) is 0 Å². The number of hydrogen-bond donors (Lipinski definition) is 1. The Hall–Kier alpha value is -2.10. The molecule has 0 unspecified atom stereocenters. The Morgan fingerprint density at radius 2 is 1.88 bits per heavy atom. The van der Waals surface area contributed by atoms with Crippen molar-refractivity contribution < 1.29 is 9.59 Å². The second-order valence-corrected chi connectivity index (χ2v) is 3.49. The van der Waals surface area contributed by atoms with Gasteiger partial charge in [-0.15, -0.1) is 0 Å². The van der Waals surface area contributed by atoms with Crippen molar-refractivity contribution in [2.75, 3.05) is 19.4 Å². The second kappa shape index (κ2) is 5.70. The minimum Gasteiger partial charge on any atom is -0.383 e. The highest BCUT2D eigenvalue weighted by molar-refractivity contribution is 6.16. The first kappa shape index (κ1) is 12.0. The fourth-order valence-corrected chi connectivity index (χ4v) is 1.15. The zero-order chi connectivity index (χ0) is 12.0. The monoisotopic (exact) mass is 218 g/mol. The summed E-state index contributed by atoms with van der Waals surface area (Å²) in [5.41, 5.74) is 0.757. The highest BCUT2D eigenvalue weighted by atomic mass is 16.2. The van der Waals surface area contributed by atoms with Gasteiger partial charge in [0.05, 0.1) is 5.57 Å². The van der Waals surface area contributed by atoms with E-state index in [2.05, 4.69) is 5.32 Å². The molecule has 0 bridgehead atoms. The number of carbonyl (C=O) groups is 2. The summed E-state index contributed by atoms with van der Waals surface area (Å²) >= 11 is 0. The van der Waals surface area contributed by atoms with Gasteiger partial charge in [-0.3, -0.25) is 9.59 Å². The third kappa shape index (κ3) is 3.57. The second-order valence-electron chi connectivity index (χ2n) is 3.49. The van der Waals surface area contributed by atoms with E-state index in [1.54, 1.807) is 31.1 Å². The van der Waals surface area contributed by atoms with Crippen LogP contribution in [-0.2, 0) is 9.59 Å². The number of nitrogens with one attached hydrogen (secondary N) is 1. The molecule has 0 aromatic heterocycles. The van der Waals surface area contributed by atoms with Crippen LogP contribution in [0.25, 0.3) is 0 Å². The van der Waals surface area contributed by atoms with E-state index in [1.165, 1.54) is 6.20 Å². The molecule has 1 N–H and O–H groups in total. The number of carbonyl (C=O) groups excluding carboxylic acids is 2. The predicted molar refractivity (Wildman–Crippen MR) is 62.9 cm³/mol. The van der Waals surface area contributed by atoms with Crippen molar-refractivity contribution in [2.24, 2.45) is 0 Å². The molecule has 0 heterocycles. The topological polar surface area (TPSA) is 49.4 Å². The molecule has 0 aliphatic carbocycles. The predicted octanol–water partition coefficient (Wildman–Crippen LogP) is 1.27. The van der Waals surface area contributed by atoms with E-state index in [0.29, 0.717) is 12.0 Å². The summed E-state index contributed by atoms with van der Waals surface area (Å²) < 4.78 is 0. The maximum Gasteiger partial charge on any atom is 0.260 e. The van der Waals surface area contributed by atoms with Crippen LogP contribution in [0.15, 0.2) is 42.1 Å². The molecule has 0 atom stereocenters. The molecule has 0 aliphatic rings. The van der Waals surface area contributed by atoms with Crippen LogP contribution < -0.4 is 5.32 Å². The van der Waals surface area contributed by atoms with Gasteiger partial charge in [0.2, 0.25) is 0 Å². The van der Waals surface area contributed by atoms with E-state index in [-0.39, 0.29) is 5.57 Å². The third-order valence-electron chi connectivity index (χ3n) is 1.82. The maximum atomic E-state index is 11.6. The fourth-order valence-electron chi connectivity index (χ4n) is 1.15. The van der Waals surface area contributed by atoms with Gasteiger partial charge in [0.15, 0.2) is 6.29 Å². The molecule has 0 aliphatic heterocycles. The number of para-hydroxylation sites is 1. The van der Waals surface area contributed by atoms with Gasteiger partial charge >= 0.3 is 0 Å². The van der Waals surface area contributed by atoms with Crippen LogP contribution in [-0.4, -0.2) is 31.2 Å². The summed E-state index contributed by atoms with van der Waals surface area (Å²) in [6, 6.07) is 9.00. The zero-order valence-electron chi connectivity index (χ0n) is 9.31. The Bertz CT molecular complexity index is 397. The van der Waals surface area contributed by atoms with Crippen LogP contribution >= 0.6 is 0 Å². The van der Waals surface area contributed by atoms with Gasteiger partial charge in [-0.25, -0.2) is 0 Å². The number of anilines is 1. The van der Waals surface area contributed by atoms with Gasteiger partial charge in [0.25, 0.3) is 5.91 Å². The van der Waals surface area contributed by atoms with Crippen molar-refractivity contribution >= 4 is 17.9 Å². The number of rotatable bonds is 4. The summed E-state index contributed by atoms with van der Waals surface area (Å²) in [4.78, 5) is 24.0. The summed E-state index contributed by atoms with van der Waals surface area (Å²) in [6.07, 6.45) is 2.02. The summed E-state index contributed by atoms with van der Waals surface area (Å²) in [5.74, 6) is -0.407. The smallest absolute Gasteiger partial charge is 0.260 e. The van der Waals surface area contributed by atoms with Crippen LogP contribution in [0.3, 0.4) is 0 Å². The Balaban J connectivity index is 2.75. The van der Waals surface area contributed by atoms with E-state index >= 15 is 0 Å². The number of aldehydes is 1. The standard InChI is InChI=1S/C12H14N2O2/c1-14(2)8-10(9-15)12(16)13-11-6-4-3-5-7-11/h3-9H,1-2H3,(H,13,16)/b10-8+. The number of benzene rings is 1. The fraction of sp³-hybridized carbons (Fsp3) is 0.167. The lowest BCUT2D eigenvalue weighted by molar-refractivity contribution is -0.115. The summed E-state index contributed by atoms with van der Waals surface area (Å²) in [5, 5.41) is 2.63. The molecule has 84 valence electrons. The molecule has 1 rings (SSSR count). The van der Waals surface area contributed by atoms with Crippen molar-refractivity contribution in [1.82, 2.24) is 4.90 Å². The Labute approximate surface area is 94.6 Å². The van der Waals surface area contributed by atoms with Gasteiger partial charge in [0, 0.05) is 26.0 Å². The molecule has 0 radical (unpaired) electrons. The molecule has 1 aromatic rings. The van der Waals surface area contributed by atoms with Crippen LogP contribution in [0, 0.1) is 0 Å². The van der Waals surface area contributed by atoms with E-state index < -0.39 is 5.91 Å². The van der Waals surface area contributed by atoms with Crippen LogP contribution in [0.2, 0.25) is 0 Å². The van der Waals surface area contributed by atoms with Crippen molar-refractivity contribution in [3.8, 4) is 0 Å². The maximum absolute atomic E-state index is 11.6. The molecule has 0 saturated heterocycles. The van der Waals surface area contributed by atoms with E-state index in [1.807, 2.05) is 18.2 Å². The highest BCUT2D eigenvalue weighted by Gasteiger charge is 2.08. The van der Waals surface area contributed by atoms with Gasteiger partial charge < -0.3 is 10.2 Å². The molecule has 0 saturated carbocycles. The highest BCUT2D eigenvalue weighted by Crippen LogP contribution is 2.06. The van der Waals surface area contributed by atoms with Crippen molar-refractivity contribution in [2.45, 2.75) is 0 Å².